The fraction of sp³-hybridized carbons (Fsp3) is 0.611. The number of carbonyl (C=O) groups excluding carboxylic acids is 2. The van der Waals surface area contributed by atoms with Crippen LogP contribution in [0.25, 0.3) is 0 Å². The highest BCUT2D eigenvalue weighted by atomic mass is 35.5. The number of halogens is 2. The predicted molar refractivity (Wildman–Crippen MR) is 109 cm³/mol. The Hall–Kier alpha value is -1.45. The molecule has 0 bridgehead atoms. The Labute approximate surface area is 175 Å². The van der Waals surface area contributed by atoms with Crippen LogP contribution < -0.4 is 21.5 Å². The minimum Gasteiger partial charge on any atom is -0.341 e. The maximum Gasteiger partial charge on any atom is 0.241 e. The highest BCUT2D eigenvalue weighted by Crippen LogP contribution is 2.25. The van der Waals surface area contributed by atoms with Gasteiger partial charge in [0.15, 0.2) is 0 Å². The summed E-state index contributed by atoms with van der Waals surface area (Å²) in [7, 11) is 0. The van der Waals surface area contributed by atoms with Crippen molar-refractivity contribution < 1.29 is 9.59 Å². The van der Waals surface area contributed by atoms with E-state index in [4.69, 9.17) is 11.6 Å². The van der Waals surface area contributed by atoms with Gasteiger partial charge in [-0.2, -0.15) is 0 Å². The molecule has 1 aromatic rings. The van der Waals surface area contributed by atoms with Crippen molar-refractivity contribution >= 4 is 41.6 Å². The molecule has 154 valence electrons. The van der Waals surface area contributed by atoms with E-state index in [1.54, 1.807) is 12.1 Å². The summed E-state index contributed by atoms with van der Waals surface area (Å²) in [6.07, 6.45) is 3.87. The second kappa shape index (κ2) is 9.37. The number of hydrazine groups is 1. The fourth-order valence-corrected chi connectivity index (χ4v) is 4.31. The number of anilines is 1. The lowest BCUT2D eigenvalue weighted by atomic mass is 9.88. The summed E-state index contributed by atoms with van der Waals surface area (Å²) < 4.78 is 0. The number of piperidine rings is 2. The molecule has 2 amide bonds. The number of hydrogen-bond donors (Lipinski definition) is 4. The SMILES string of the molecule is Cl.O=C(Nc1ccc(Cl)cn1)C1CCN(C(=O)C2NNC3CCNCC32)CC1. The first kappa shape index (κ1) is 21.3. The minimum atomic E-state index is -0.188. The Kier molecular flexibility index (Phi) is 7.11. The molecule has 3 fully saturated rings. The number of aromatic nitrogens is 1. The number of likely N-dealkylation sites (tertiary alicyclic amines) is 1. The van der Waals surface area contributed by atoms with Crippen molar-refractivity contribution in [1.82, 2.24) is 26.1 Å². The molecular formula is C18H26Cl2N6O2. The zero-order valence-corrected chi connectivity index (χ0v) is 17.1. The summed E-state index contributed by atoms with van der Waals surface area (Å²) in [5, 5.41) is 6.74. The van der Waals surface area contributed by atoms with Gasteiger partial charge in [0.25, 0.3) is 0 Å². The van der Waals surface area contributed by atoms with Crippen LogP contribution in [0.4, 0.5) is 5.82 Å². The maximum atomic E-state index is 12.9. The number of hydrogen-bond acceptors (Lipinski definition) is 6. The van der Waals surface area contributed by atoms with E-state index in [0.29, 0.717) is 42.8 Å². The Bertz CT molecular complexity index is 696. The molecule has 4 heterocycles. The quantitative estimate of drug-likeness (QED) is 0.567. The van der Waals surface area contributed by atoms with Crippen molar-refractivity contribution in [3.8, 4) is 0 Å². The third-order valence-corrected chi connectivity index (χ3v) is 6.03. The first-order valence-corrected chi connectivity index (χ1v) is 9.92. The number of fused-ring (bicyclic) bond motifs is 1. The van der Waals surface area contributed by atoms with Gasteiger partial charge in [-0.1, -0.05) is 11.6 Å². The predicted octanol–water partition coefficient (Wildman–Crippen LogP) is 0.788. The van der Waals surface area contributed by atoms with Crippen molar-refractivity contribution in [2.75, 3.05) is 31.5 Å². The number of carbonyl (C=O) groups is 2. The van der Waals surface area contributed by atoms with Gasteiger partial charge >= 0.3 is 0 Å². The molecule has 0 saturated carbocycles. The van der Waals surface area contributed by atoms with Gasteiger partial charge in [0.2, 0.25) is 11.8 Å². The summed E-state index contributed by atoms with van der Waals surface area (Å²) in [5.41, 5.74) is 6.46. The second-order valence-electron chi connectivity index (χ2n) is 7.48. The molecule has 3 aliphatic rings. The van der Waals surface area contributed by atoms with E-state index >= 15 is 0 Å². The van der Waals surface area contributed by atoms with Crippen LogP contribution in [0.15, 0.2) is 18.3 Å². The zero-order chi connectivity index (χ0) is 18.8. The molecule has 10 heteroatoms. The van der Waals surface area contributed by atoms with E-state index in [1.807, 2.05) is 4.90 Å². The largest absolute Gasteiger partial charge is 0.341 e. The first-order valence-electron chi connectivity index (χ1n) is 9.55. The number of rotatable bonds is 3. The van der Waals surface area contributed by atoms with Gasteiger partial charge in [-0.25, -0.2) is 10.4 Å². The molecule has 3 saturated heterocycles. The van der Waals surface area contributed by atoms with Crippen LogP contribution in [0.1, 0.15) is 19.3 Å². The lowest BCUT2D eigenvalue weighted by Crippen LogP contribution is -2.52. The summed E-state index contributed by atoms with van der Waals surface area (Å²) in [5.74, 6) is 0.763. The molecule has 0 aromatic carbocycles. The van der Waals surface area contributed by atoms with Crippen LogP contribution in [0.2, 0.25) is 5.02 Å². The number of amides is 2. The van der Waals surface area contributed by atoms with E-state index in [9.17, 15) is 9.59 Å². The average molecular weight is 429 g/mol. The molecule has 3 atom stereocenters. The highest BCUT2D eigenvalue weighted by molar-refractivity contribution is 6.30. The van der Waals surface area contributed by atoms with Gasteiger partial charge in [-0.15, -0.1) is 12.4 Å². The summed E-state index contributed by atoms with van der Waals surface area (Å²) in [6, 6.07) is 3.55. The second-order valence-corrected chi connectivity index (χ2v) is 7.92. The molecule has 8 nitrogen and oxygen atoms in total. The zero-order valence-electron chi connectivity index (χ0n) is 15.5. The fourth-order valence-electron chi connectivity index (χ4n) is 4.20. The van der Waals surface area contributed by atoms with Gasteiger partial charge in [-0.3, -0.25) is 15.0 Å². The third-order valence-electron chi connectivity index (χ3n) is 5.80. The first-order chi connectivity index (χ1) is 13.1. The Balaban J connectivity index is 0.00000225. The molecule has 3 unspecified atom stereocenters. The molecule has 0 aliphatic carbocycles. The Morgan fingerprint density at radius 1 is 1.18 bits per heavy atom. The summed E-state index contributed by atoms with van der Waals surface area (Å²) in [6.45, 7) is 3.05. The van der Waals surface area contributed by atoms with E-state index < -0.39 is 0 Å². The van der Waals surface area contributed by atoms with Crippen molar-refractivity contribution in [2.24, 2.45) is 11.8 Å². The van der Waals surface area contributed by atoms with Gasteiger partial charge < -0.3 is 15.5 Å². The van der Waals surface area contributed by atoms with E-state index in [0.717, 1.165) is 19.5 Å². The standard InChI is InChI=1S/C18H25ClN6O2.ClH/c19-12-1-2-15(21-9-12)22-17(26)11-4-7-25(8-5-11)18(27)16-13-10-20-6-3-14(13)23-24-16;/h1-2,9,11,13-14,16,20,23-24H,3-8,10H2,(H,21,22,26);1H. The summed E-state index contributed by atoms with van der Waals surface area (Å²) >= 11 is 5.81. The molecule has 0 spiro atoms. The van der Waals surface area contributed by atoms with Gasteiger partial charge in [0, 0.05) is 43.7 Å². The molecule has 1 aromatic heterocycles. The van der Waals surface area contributed by atoms with Crippen molar-refractivity contribution in [2.45, 2.75) is 31.3 Å². The topological polar surface area (TPSA) is 98.4 Å². The average Bonchev–Trinajstić information content (AvgIpc) is 3.13. The molecule has 0 radical (unpaired) electrons. The lowest BCUT2D eigenvalue weighted by Gasteiger charge is -2.35. The lowest BCUT2D eigenvalue weighted by molar-refractivity contribution is -0.137. The smallest absolute Gasteiger partial charge is 0.241 e. The number of pyridine rings is 1. The monoisotopic (exact) mass is 428 g/mol. The van der Waals surface area contributed by atoms with Crippen molar-refractivity contribution in [3.63, 3.8) is 0 Å². The number of nitrogens with zero attached hydrogens (tertiary/aromatic N) is 2. The Morgan fingerprint density at radius 2 is 1.96 bits per heavy atom. The van der Waals surface area contributed by atoms with Crippen LogP contribution in [0.3, 0.4) is 0 Å². The molecule has 28 heavy (non-hydrogen) atoms. The number of nitrogens with one attached hydrogen (secondary N) is 4. The Morgan fingerprint density at radius 3 is 2.68 bits per heavy atom. The highest BCUT2D eigenvalue weighted by Gasteiger charge is 2.43. The molecule has 4 N–H and O–H groups in total. The van der Waals surface area contributed by atoms with E-state index in [1.165, 1.54) is 6.20 Å². The minimum absolute atomic E-state index is 0. The van der Waals surface area contributed by atoms with Crippen LogP contribution in [0, 0.1) is 11.8 Å². The van der Waals surface area contributed by atoms with Crippen molar-refractivity contribution in [3.05, 3.63) is 23.4 Å². The van der Waals surface area contributed by atoms with Crippen LogP contribution in [-0.2, 0) is 9.59 Å². The molecule has 4 rings (SSSR count). The maximum absolute atomic E-state index is 12.9. The van der Waals surface area contributed by atoms with Gasteiger partial charge in [-0.05, 0) is 37.9 Å². The van der Waals surface area contributed by atoms with Crippen LogP contribution >= 0.6 is 24.0 Å². The third kappa shape index (κ3) is 4.58. The summed E-state index contributed by atoms with van der Waals surface area (Å²) in [4.78, 5) is 31.4. The van der Waals surface area contributed by atoms with Crippen LogP contribution in [-0.4, -0.2) is 60.0 Å². The van der Waals surface area contributed by atoms with Gasteiger partial charge in [0.1, 0.15) is 11.9 Å². The van der Waals surface area contributed by atoms with Gasteiger partial charge in [0.05, 0.1) is 5.02 Å². The van der Waals surface area contributed by atoms with Crippen LogP contribution in [0.5, 0.6) is 0 Å². The van der Waals surface area contributed by atoms with Crippen molar-refractivity contribution in [1.29, 1.82) is 0 Å². The van der Waals surface area contributed by atoms with E-state index in [2.05, 4.69) is 26.5 Å². The van der Waals surface area contributed by atoms with E-state index in [-0.39, 0.29) is 42.1 Å². The molecular weight excluding hydrogens is 403 g/mol. The normalized spacial score (nSPS) is 27.6. The molecule has 3 aliphatic heterocycles.